The van der Waals surface area contributed by atoms with Crippen molar-refractivity contribution >= 4 is 22.5 Å². The van der Waals surface area contributed by atoms with Crippen molar-refractivity contribution in [2.75, 3.05) is 12.4 Å². The molecule has 1 amide bonds. The van der Waals surface area contributed by atoms with Gasteiger partial charge in [0.2, 0.25) is 0 Å². The standard InChI is InChI=1S/C15H13N3O2/c1-20-11-7-5-10(6-8-11)15(19)17-13-3-2-4-14-12(13)9-16-18-14/h2-9H,1H3,(H,16,18)(H,17,19). The lowest BCUT2D eigenvalue weighted by Gasteiger charge is -2.07. The van der Waals surface area contributed by atoms with E-state index in [2.05, 4.69) is 15.5 Å². The molecule has 100 valence electrons. The van der Waals surface area contributed by atoms with Crippen molar-refractivity contribution in [1.29, 1.82) is 0 Å². The number of ether oxygens (including phenoxy) is 1. The first kappa shape index (κ1) is 12.2. The molecule has 1 heterocycles. The van der Waals surface area contributed by atoms with Gasteiger partial charge in [-0.2, -0.15) is 5.10 Å². The Hall–Kier alpha value is -2.82. The molecule has 0 bridgehead atoms. The van der Waals surface area contributed by atoms with Gasteiger partial charge in [-0.25, -0.2) is 0 Å². The molecule has 1 aromatic heterocycles. The third-order valence-corrected chi connectivity index (χ3v) is 3.09. The SMILES string of the molecule is COc1ccc(C(=O)Nc2cccc3[nH]ncc23)cc1. The topological polar surface area (TPSA) is 67.0 Å². The second-order valence-corrected chi connectivity index (χ2v) is 4.32. The summed E-state index contributed by atoms with van der Waals surface area (Å²) in [6.07, 6.45) is 1.69. The first-order valence-electron chi connectivity index (χ1n) is 6.15. The highest BCUT2D eigenvalue weighted by atomic mass is 16.5. The van der Waals surface area contributed by atoms with E-state index in [4.69, 9.17) is 4.74 Å². The zero-order valence-electron chi connectivity index (χ0n) is 10.9. The van der Waals surface area contributed by atoms with Crippen LogP contribution in [0.5, 0.6) is 5.75 Å². The molecule has 0 fully saturated rings. The van der Waals surface area contributed by atoms with E-state index in [1.54, 1.807) is 37.6 Å². The Balaban J connectivity index is 1.86. The summed E-state index contributed by atoms with van der Waals surface area (Å²) in [4.78, 5) is 12.2. The summed E-state index contributed by atoms with van der Waals surface area (Å²) in [5.74, 6) is 0.555. The van der Waals surface area contributed by atoms with Crippen molar-refractivity contribution in [3.63, 3.8) is 0 Å². The minimum atomic E-state index is -0.165. The van der Waals surface area contributed by atoms with Crippen molar-refractivity contribution in [3.8, 4) is 5.75 Å². The lowest BCUT2D eigenvalue weighted by atomic mass is 10.2. The van der Waals surface area contributed by atoms with Crippen molar-refractivity contribution in [1.82, 2.24) is 10.2 Å². The number of rotatable bonds is 3. The minimum Gasteiger partial charge on any atom is -0.497 e. The fourth-order valence-electron chi connectivity index (χ4n) is 2.01. The van der Waals surface area contributed by atoms with Crippen LogP contribution in [0.25, 0.3) is 10.9 Å². The summed E-state index contributed by atoms with van der Waals surface area (Å²) in [5.41, 5.74) is 2.20. The molecule has 0 aliphatic rings. The number of hydrogen-bond donors (Lipinski definition) is 2. The maximum Gasteiger partial charge on any atom is 0.255 e. The van der Waals surface area contributed by atoms with Crippen LogP contribution in [-0.2, 0) is 0 Å². The second-order valence-electron chi connectivity index (χ2n) is 4.32. The van der Waals surface area contributed by atoms with Gasteiger partial charge < -0.3 is 10.1 Å². The predicted octanol–water partition coefficient (Wildman–Crippen LogP) is 2.82. The van der Waals surface area contributed by atoms with Gasteiger partial charge in [0, 0.05) is 10.9 Å². The summed E-state index contributed by atoms with van der Waals surface area (Å²) >= 11 is 0. The molecule has 2 N–H and O–H groups in total. The largest absolute Gasteiger partial charge is 0.497 e. The molecule has 2 aromatic carbocycles. The fraction of sp³-hybridized carbons (Fsp3) is 0.0667. The van der Waals surface area contributed by atoms with E-state index in [9.17, 15) is 4.79 Å². The number of hydrogen-bond acceptors (Lipinski definition) is 3. The van der Waals surface area contributed by atoms with Gasteiger partial charge in [0.15, 0.2) is 0 Å². The summed E-state index contributed by atoms with van der Waals surface area (Å²) in [7, 11) is 1.59. The molecular formula is C15H13N3O2. The molecule has 5 nitrogen and oxygen atoms in total. The number of fused-ring (bicyclic) bond motifs is 1. The van der Waals surface area contributed by atoms with Crippen molar-refractivity contribution < 1.29 is 9.53 Å². The number of aromatic amines is 1. The van der Waals surface area contributed by atoms with Crippen LogP contribution in [0.15, 0.2) is 48.7 Å². The number of carbonyl (C=O) groups excluding carboxylic acids is 1. The van der Waals surface area contributed by atoms with Crippen LogP contribution in [0, 0.1) is 0 Å². The zero-order valence-corrected chi connectivity index (χ0v) is 10.9. The Morgan fingerprint density at radius 1 is 1.20 bits per heavy atom. The number of benzene rings is 2. The van der Waals surface area contributed by atoms with Crippen molar-refractivity contribution in [3.05, 3.63) is 54.2 Å². The van der Waals surface area contributed by atoms with E-state index >= 15 is 0 Å². The fourth-order valence-corrected chi connectivity index (χ4v) is 2.01. The Labute approximate surface area is 115 Å². The molecule has 0 unspecified atom stereocenters. The number of aromatic nitrogens is 2. The molecule has 0 saturated carbocycles. The van der Waals surface area contributed by atoms with Gasteiger partial charge in [-0.3, -0.25) is 9.89 Å². The maximum atomic E-state index is 12.2. The third-order valence-electron chi connectivity index (χ3n) is 3.09. The highest BCUT2D eigenvalue weighted by Gasteiger charge is 2.09. The molecule has 0 aliphatic carbocycles. The highest BCUT2D eigenvalue weighted by molar-refractivity contribution is 6.08. The predicted molar refractivity (Wildman–Crippen MR) is 77.0 cm³/mol. The average molecular weight is 267 g/mol. The van der Waals surface area contributed by atoms with Gasteiger partial charge in [0.25, 0.3) is 5.91 Å². The molecule has 0 spiro atoms. The van der Waals surface area contributed by atoms with E-state index in [-0.39, 0.29) is 5.91 Å². The smallest absolute Gasteiger partial charge is 0.255 e. The molecule has 3 aromatic rings. The van der Waals surface area contributed by atoms with Crippen LogP contribution in [0.2, 0.25) is 0 Å². The number of anilines is 1. The number of methoxy groups -OCH3 is 1. The molecule has 0 saturated heterocycles. The van der Waals surface area contributed by atoms with Gasteiger partial charge in [-0.1, -0.05) is 6.07 Å². The second kappa shape index (κ2) is 5.05. The quantitative estimate of drug-likeness (QED) is 0.766. The summed E-state index contributed by atoms with van der Waals surface area (Å²) in [6.45, 7) is 0. The van der Waals surface area contributed by atoms with E-state index in [1.165, 1.54) is 0 Å². The molecule has 0 atom stereocenters. The van der Waals surface area contributed by atoms with Gasteiger partial charge >= 0.3 is 0 Å². The zero-order chi connectivity index (χ0) is 13.9. The molecule has 3 rings (SSSR count). The maximum absolute atomic E-state index is 12.2. The third kappa shape index (κ3) is 2.21. The minimum absolute atomic E-state index is 0.165. The van der Waals surface area contributed by atoms with E-state index in [0.717, 1.165) is 22.3 Å². The van der Waals surface area contributed by atoms with Gasteiger partial charge in [0.05, 0.1) is 24.5 Å². The number of nitrogens with one attached hydrogen (secondary N) is 2. The van der Waals surface area contributed by atoms with Crippen LogP contribution in [0.4, 0.5) is 5.69 Å². The normalized spacial score (nSPS) is 10.4. The highest BCUT2D eigenvalue weighted by Crippen LogP contribution is 2.22. The number of carbonyl (C=O) groups is 1. The van der Waals surface area contributed by atoms with Crippen LogP contribution < -0.4 is 10.1 Å². The van der Waals surface area contributed by atoms with Crippen LogP contribution >= 0.6 is 0 Å². The summed E-state index contributed by atoms with van der Waals surface area (Å²) in [5, 5.41) is 10.6. The van der Waals surface area contributed by atoms with Gasteiger partial charge in [-0.05, 0) is 36.4 Å². The Bertz CT molecular complexity index is 747. The number of amides is 1. The monoisotopic (exact) mass is 267 g/mol. The first-order valence-corrected chi connectivity index (χ1v) is 6.15. The Morgan fingerprint density at radius 3 is 2.75 bits per heavy atom. The average Bonchev–Trinajstić information content (AvgIpc) is 2.97. The molecule has 0 radical (unpaired) electrons. The molecular weight excluding hydrogens is 254 g/mol. The van der Waals surface area contributed by atoms with E-state index in [0.29, 0.717) is 5.56 Å². The first-order chi connectivity index (χ1) is 9.78. The lowest BCUT2D eigenvalue weighted by Crippen LogP contribution is -2.11. The van der Waals surface area contributed by atoms with Gasteiger partial charge in [-0.15, -0.1) is 0 Å². The lowest BCUT2D eigenvalue weighted by molar-refractivity contribution is 0.102. The number of nitrogens with zero attached hydrogens (tertiary/aromatic N) is 1. The van der Waals surface area contributed by atoms with E-state index in [1.807, 2.05) is 18.2 Å². The molecule has 0 aliphatic heterocycles. The molecule has 20 heavy (non-hydrogen) atoms. The van der Waals surface area contributed by atoms with Crippen LogP contribution in [0.1, 0.15) is 10.4 Å². The van der Waals surface area contributed by atoms with E-state index < -0.39 is 0 Å². The van der Waals surface area contributed by atoms with Crippen molar-refractivity contribution in [2.24, 2.45) is 0 Å². The number of H-pyrrole nitrogens is 1. The van der Waals surface area contributed by atoms with Crippen LogP contribution in [-0.4, -0.2) is 23.2 Å². The summed E-state index contributed by atoms with van der Waals surface area (Å²) < 4.78 is 5.07. The van der Waals surface area contributed by atoms with Crippen molar-refractivity contribution in [2.45, 2.75) is 0 Å². The Morgan fingerprint density at radius 2 is 2.00 bits per heavy atom. The Kier molecular flexibility index (Phi) is 3.09. The summed E-state index contributed by atoms with van der Waals surface area (Å²) in [6, 6.07) is 12.6. The molecule has 5 heteroatoms. The van der Waals surface area contributed by atoms with Crippen LogP contribution in [0.3, 0.4) is 0 Å². The van der Waals surface area contributed by atoms with Gasteiger partial charge in [0.1, 0.15) is 5.75 Å².